The summed E-state index contributed by atoms with van der Waals surface area (Å²) in [5.41, 5.74) is 1.98. The van der Waals surface area contributed by atoms with Crippen LogP contribution in [0.3, 0.4) is 0 Å². The van der Waals surface area contributed by atoms with E-state index < -0.39 is 0 Å². The van der Waals surface area contributed by atoms with Crippen LogP contribution in [-0.2, 0) is 0 Å². The molecular weight excluding hydrogens is 181 g/mol. The van der Waals surface area contributed by atoms with Crippen LogP contribution in [0.1, 0.15) is 6.42 Å². The van der Waals surface area contributed by atoms with Crippen LogP contribution in [-0.4, -0.2) is 16.0 Å². The molecule has 0 amide bonds. The molecule has 44 valence electrons. The molecular formula is C3H7BrClNO. The second-order valence-corrected chi connectivity index (χ2v) is 3.25. The molecule has 0 bridgehead atoms. The number of nitrogens with one attached hydrogen (secondary N) is 1. The minimum absolute atomic E-state index is 0.0350. The predicted octanol–water partition coefficient (Wildman–Crippen LogP) is 1.32. The van der Waals surface area contributed by atoms with Crippen LogP contribution >= 0.6 is 27.5 Å². The number of hydroxylamine groups is 1. The molecule has 2 nitrogen and oxygen atoms in total. The summed E-state index contributed by atoms with van der Waals surface area (Å²) in [6, 6.07) is 0. The van der Waals surface area contributed by atoms with Crippen LogP contribution in [0.25, 0.3) is 0 Å². The van der Waals surface area contributed by atoms with Crippen molar-refractivity contribution in [2.45, 2.75) is 10.7 Å². The highest BCUT2D eigenvalue weighted by atomic mass is 79.9. The van der Waals surface area contributed by atoms with Gasteiger partial charge >= 0.3 is 0 Å². The van der Waals surface area contributed by atoms with Gasteiger partial charge in [0, 0.05) is 6.54 Å². The average molecular weight is 188 g/mol. The molecule has 0 aromatic rings. The molecule has 2 N–H and O–H groups in total. The van der Waals surface area contributed by atoms with E-state index in [-0.39, 0.29) is 4.29 Å². The minimum atomic E-state index is -0.0350. The number of alkyl halides is 2. The predicted molar refractivity (Wildman–Crippen MR) is 33.0 cm³/mol. The molecule has 1 unspecified atom stereocenters. The van der Waals surface area contributed by atoms with Crippen molar-refractivity contribution in [3.8, 4) is 0 Å². The van der Waals surface area contributed by atoms with Crippen LogP contribution in [0.2, 0.25) is 0 Å². The number of halogens is 2. The fraction of sp³-hybridized carbons (Fsp3) is 1.00. The summed E-state index contributed by atoms with van der Waals surface area (Å²) in [5, 5.41) is 7.99. The Hall–Kier alpha value is 0.690. The van der Waals surface area contributed by atoms with Crippen LogP contribution < -0.4 is 5.48 Å². The molecule has 1 atom stereocenters. The molecule has 0 spiro atoms. The van der Waals surface area contributed by atoms with Crippen molar-refractivity contribution in [3.63, 3.8) is 0 Å². The van der Waals surface area contributed by atoms with E-state index in [1.165, 1.54) is 0 Å². The Morgan fingerprint density at radius 1 is 1.86 bits per heavy atom. The summed E-state index contributed by atoms with van der Waals surface area (Å²) in [6.45, 7) is 0.527. The highest BCUT2D eigenvalue weighted by Gasteiger charge is 1.93. The van der Waals surface area contributed by atoms with Gasteiger partial charge in [0.05, 0.1) is 4.29 Å². The second kappa shape index (κ2) is 4.84. The summed E-state index contributed by atoms with van der Waals surface area (Å²) < 4.78 is -0.0350. The average Bonchev–Trinajstić information content (AvgIpc) is 1.61. The van der Waals surface area contributed by atoms with E-state index in [2.05, 4.69) is 15.9 Å². The first kappa shape index (κ1) is 7.69. The normalized spacial score (nSPS) is 14.1. The maximum absolute atomic E-state index is 7.99. The first-order valence-corrected chi connectivity index (χ1v) is 3.27. The Morgan fingerprint density at radius 3 is 2.57 bits per heavy atom. The standard InChI is InChI=1S/C3H7BrClNO/c4-3(5)1-2-6-7/h3,6-7H,1-2H2. The van der Waals surface area contributed by atoms with E-state index in [0.29, 0.717) is 6.54 Å². The summed E-state index contributed by atoms with van der Waals surface area (Å²) in [6.07, 6.45) is 0.720. The van der Waals surface area contributed by atoms with Gasteiger partial charge < -0.3 is 5.21 Å². The lowest BCUT2D eigenvalue weighted by Crippen LogP contribution is -2.10. The van der Waals surface area contributed by atoms with Crippen molar-refractivity contribution in [1.29, 1.82) is 0 Å². The number of rotatable bonds is 3. The van der Waals surface area contributed by atoms with Crippen LogP contribution in [0, 0.1) is 0 Å². The summed E-state index contributed by atoms with van der Waals surface area (Å²) >= 11 is 8.51. The fourth-order valence-electron chi connectivity index (χ4n) is 0.174. The highest BCUT2D eigenvalue weighted by Crippen LogP contribution is 2.07. The molecule has 0 radical (unpaired) electrons. The smallest absolute Gasteiger partial charge is 0.0899 e. The first-order chi connectivity index (χ1) is 3.27. The van der Waals surface area contributed by atoms with Gasteiger partial charge in [-0.1, -0.05) is 15.9 Å². The van der Waals surface area contributed by atoms with Crippen molar-refractivity contribution in [3.05, 3.63) is 0 Å². The largest absolute Gasteiger partial charge is 0.317 e. The molecule has 0 fully saturated rings. The van der Waals surface area contributed by atoms with Gasteiger partial charge in [-0.05, 0) is 6.42 Å². The monoisotopic (exact) mass is 187 g/mol. The van der Waals surface area contributed by atoms with Gasteiger partial charge in [0.25, 0.3) is 0 Å². The molecule has 0 aliphatic heterocycles. The zero-order valence-electron chi connectivity index (χ0n) is 3.69. The Bertz CT molecular complexity index is 43.9. The van der Waals surface area contributed by atoms with Crippen molar-refractivity contribution >= 4 is 27.5 Å². The van der Waals surface area contributed by atoms with Gasteiger partial charge in [-0.3, -0.25) is 0 Å². The summed E-state index contributed by atoms with van der Waals surface area (Å²) in [5.74, 6) is 0. The van der Waals surface area contributed by atoms with E-state index in [4.69, 9.17) is 16.8 Å². The van der Waals surface area contributed by atoms with Crippen LogP contribution in [0.5, 0.6) is 0 Å². The SMILES string of the molecule is ONCCC(Cl)Br. The molecule has 0 saturated carbocycles. The zero-order chi connectivity index (χ0) is 5.70. The Kier molecular flexibility index (Phi) is 5.32. The van der Waals surface area contributed by atoms with Gasteiger partial charge in [0.15, 0.2) is 0 Å². The molecule has 7 heavy (non-hydrogen) atoms. The molecule has 0 aliphatic carbocycles. The maximum Gasteiger partial charge on any atom is 0.0899 e. The Balaban J connectivity index is 2.68. The quantitative estimate of drug-likeness (QED) is 0.517. The lowest BCUT2D eigenvalue weighted by Gasteiger charge is -1.95. The lowest BCUT2D eigenvalue weighted by atomic mass is 10.5. The van der Waals surface area contributed by atoms with E-state index in [9.17, 15) is 0 Å². The van der Waals surface area contributed by atoms with E-state index in [1.54, 1.807) is 0 Å². The van der Waals surface area contributed by atoms with E-state index in [0.717, 1.165) is 6.42 Å². The Morgan fingerprint density at radius 2 is 2.43 bits per heavy atom. The first-order valence-electron chi connectivity index (χ1n) is 1.92. The van der Waals surface area contributed by atoms with Gasteiger partial charge in [0.1, 0.15) is 0 Å². The summed E-state index contributed by atoms with van der Waals surface area (Å²) in [4.78, 5) is 0. The fourth-order valence-corrected chi connectivity index (χ4v) is 0.512. The molecule has 0 aromatic carbocycles. The third kappa shape index (κ3) is 6.69. The topological polar surface area (TPSA) is 32.3 Å². The highest BCUT2D eigenvalue weighted by molar-refractivity contribution is 9.10. The molecule has 0 rings (SSSR count). The lowest BCUT2D eigenvalue weighted by molar-refractivity contribution is 0.167. The van der Waals surface area contributed by atoms with E-state index in [1.807, 2.05) is 5.48 Å². The van der Waals surface area contributed by atoms with Crippen molar-refractivity contribution in [1.82, 2.24) is 5.48 Å². The van der Waals surface area contributed by atoms with Gasteiger partial charge in [-0.25, -0.2) is 5.48 Å². The Labute approximate surface area is 55.9 Å². The van der Waals surface area contributed by atoms with Crippen LogP contribution in [0.15, 0.2) is 0 Å². The zero-order valence-corrected chi connectivity index (χ0v) is 6.04. The second-order valence-electron chi connectivity index (χ2n) is 1.09. The van der Waals surface area contributed by atoms with E-state index >= 15 is 0 Å². The third-order valence-corrected chi connectivity index (χ3v) is 1.15. The minimum Gasteiger partial charge on any atom is -0.317 e. The number of hydrogen-bond donors (Lipinski definition) is 2. The number of hydrogen-bond acceptors (Lipinski definition) is 2. The molecule has 0 aromatic heterocycles. The van der Waals surface area contributed by atoms with Crippen molar-refractivity contribution < 1.29 is 5.21 Å². The molecule has 4 heteroatoms. The van der Waals surface area contributed by atoms with Gasteiger partial charge in [-0.2, -0.15) is 0 Å². The van der Waals surface area contributed by atoms with Crippen molar-refractivity contribution in [2.75, 3.05) is 6.54 Å². The van der Waals surface area contributed by atoms with Gasteiger partial charge in [0.2, 0.25) is 0 Å². The molecule has 0 saturated heterocycles. The van der Waals surface area contributed by atoms with Gasteiger partial charge in [-0.15, -0.1) is 11.6 Å². The third-order valence-electron chi connectivity index (χ3n) is 0.474. The van der Waals surface area contributed by atoms with Crippen LogP contribution in [0.4, 0.5) is 0 Å². The maximum atomic E-state index is 7.99. The van der Waals surface area contributed by atoms with Crippen molar-refractivity contribution in [2.24, 2.45) is 0 Å². The molecule has 0 aliphatic rings. The summed E-state index contributed by atoms with van der Waals surface area (Å²) in [7, 11) is 0. The molecule has 0 heterocycles.